The first kappa shape index (κ1) is 19.2. The Balaban J connectivity index is 1.75. The molecule has 0 radical (unpaired) electrons. The zero-order valence-electron chi connectivity index (χ0n) is 16.3. The van der Waals surface area contributed by atoms with Crippen molar-refractivity contribution in [2.24, 2.45) is 0 Å². The number of ketones is 1. The van der Waals surface area contributed by atoms with Crippen LogP contribution in [-0.2, 0) is 6.42 Å². The Kier molecular flexibility index (Phi) is 5.36. The van der Waals surface area contributed by atoms with Gasteiger partial charge in [-0.05, 0) is 49.6 Å². The number of nitrogens with zero attached hydrogens (tertiary/aromatic N) is 2. The second-order valence-electron chi connectivity index (χ2n) is 6.89. The number of carbonyl (C=O) groups excluding carboxylic acids is 1. The lowest BCUT2D eigenvalue weighted by molar-refractivity contribution is 0.0972. The summed E-state index contributed by atoms with van der Waals surface area (Å²) in [6, 6.07) is 13.1. The van der Waals surface area contributed by atoms with Gasteiger partial charge in [0.1, 0.15) is 11.6 Å². The molecule has 0 saturated carbocycles. The van der Waals surface area contributed by atoms with Crippen molar-refractivity contribution in [3.8, 4) is 5.75 Å². The number of halogens is 1. The molecule has 6 nitrogen and oxygen atoms in total. The molecule has 3 aromatic rings. The molecule has 1 heterocycles. The highest BCUT2D eigenvalue weighted by Crippen LogP contribution is 2.32. The third kappa shape index (κ3) is 4.03. The van der Waals surface area contributed by atoms with Gasteiger partial charge in [-0.3, -0.25) is 4.79 Å². The standard InChI is InChI=1S/C22H21ClN4O2/c1-13-16(23)8-4-9-17(13)25-21-20-18(10-5-11-19(20)28)26-22(27-21)24-14-6-3-7-15(12-14)29-2/h3-4,6-9,12H,5,10-11H2,1-2H3,(H2,24,25,26,27). The molecule has 0 bridgehead atoms. The Morgan fingerprint density at radius 2 is 1.90 bits per heavy atom. The van der Waals surface area contributed by atoms with Crippen LogP contribution < -0.4 is 15.4 Å². The fourth-order valence-corrected chi connectivity index (χ4v) is 3.54. The van der Waals surface area contributed by atoms with Crippen LogP contribution >= 0.6 is 11.6 Å². The van der Waals surface area contributed by atoms with Crippen LogP contribution in [0.5, 0.6) is 5.75 Å². The van der Waals surface area contributed by atoms with Crippen molar-refractivity contribution in [1.82, 2.24) is 9.97 Å². The van der Waals surface area contributed by atoms with Crippen molar-refractivity contribution in [2.75, 3.05) is 17.7 Å². The van der Waals surface area contributed by atoms with Crippen LogP contribution in [-0.4, -0.2) is 22.9 Å². The average Bonchev–Trinajstić information content (AvgIpc) is 2.71. The fourth-order valence-electron chi connectivity index (χ4n) is 3.37. The molecular formula is C22H21ClN4O2. The summed E-state index contributed by atoms with van der Waals surface area (Å²) in [4.78, 5) is 21.8. The third-order valence-corrected chi connectivity index (χ3v) is 5.34. The summed E-state index contributed by atoms with van der Waals surface area (Å²) in [6.45, 7) is 1.93. The molecule has 0 saturated heterocycles. The van der Waals surface area contributed by atoms with Gasteiger partial charge in [0.05, 0.1) is 18.4 Å². The second kappa shape index (κ2) is 8.09. The number of aryl methyl sites for hydroxylation is 1. The van der Waals surface area contributed by atoms with E-state index in [4.69, 9.17) is 16.3 Å². The maximum Gasteiger partial charge on any atom is 0.229 e. The van der Waals surface area contributed by atoms with E-state index in [9.17, 15) is 4.79 Å². The molecule has 1 aliphatic rings. The van der Waals surface area contributed by atoms with E-state index in [1.54, 1.807) is 7.11 Å². The first-order valence-corrected chi connectivity index (χ1v) is 9.80. The molecule has 0 amide bonds. The molecule has 1 aliphatic carbocycles. The largest absolute Gasteiger partial charge is 0.497 e. The molecule has 0 atom stereocenters. The van der Waals surface area contributed by atoms with E-state index in [0.717, 1.165) is 41.2 Å². The van der Waals surface area contributed by atoms with Crippen LogP contribution in [0.3, 0.4) is 0 Å². The number of aromatic nitrogens is 2. The molecule has 0 aliphatic heterocycles. The SMILES string of the molecule is COc1cccc(Nc2nc3c(c(Nc4cccc(Cl)c4C)n2)C(=O)CCC3)c1. The summed E-state index contributed by atoms with van der Waals surface area (Å²) in [6.07, 6.45) is 2.03. The topological polar surface area (TPSA) is 76.1 Å². The highest BCUT2D eigenvalue weighted by molar-refractivity contribution is 6.31. The van der Waals surface area contributed by atoms with Crippen molar-refractivity contribution in [3.05, 3.63) is 64.3 Å². The minimum Gasteiger partial charge on any atom is -0.497 e. The van der Waals surface area contributed by atoms with Crippen molar-refractivity contribution in [3.63, 3.8) is 0 Å². The summed E-state index contributed by atoms with van der Waals surface area (Å²) in [5, 5.41) is 7.17. The Hall–Kier alpha value is -3.12. The molecule has 7 heteroatoms. The highest BCUT2D eigenvalue weighted by atomic mass is 35.5. The molecule has 0 spiro atoms. The monoisotopic (exact) mass is 408 g/mol. The highest BCUT2D eigenvalue weighted by Gasteiger charge is 2.25. The van der Waals surface area contributed by atoms with E-state index >= 15 is 0 Å². The van der Waals surface area contributed by atoms with E-state index in [1.807, 2.05) is 49.4 Å². The lowest BCUT2D eigenvalue weighted by Gasteiger charge is -2.20. The van der Waals surface area contributed by atoms with Crippen LogP contribution in [0, 0.1) is 6.92 Å². The van der Waals surface area contributed by atoms with E-state index in [-0.39, 0.29) is 5.78 Å². The Labute approximate surface area is 174 Å². The molecule has 4 rings (SSSR count). The van der Waals surface area contributed by atoms with Crippen LogP contribution in [0.15, 0.2) is 42.5 Å². The number of rotatable bonds is 5. The molecule has 2 N–H and O–H groups in total. The van der Waals surface area contributed by atoms with Gasteiger partial charge in [0.15, 0.2) is 5.78 Å². The minimum atomic E-state index is 0.0568. The number of ether oxygens (including phenoxy) is 1. The number of fused-ring (bicyclic) bond motifs is 1. The van der Waals surface area contributed by atoms with Gasteiger partial charge in [-0.1, -0.05) is 23.7 Å². The molecule has 148 valence electrons. The predicted molar refractivity (Wildman–Crippen MR) is 115 cm³/mol. The summed E-state index contributed by atoms with van der Waals surface area (Å²) >= 11 is 6.26. The zero-order chi connectivity index (χ0) is 20.4. The lowest BCUT2D eigenvalue weighted by atomic mass is 9.95. The number of Topliss-reactive ketones (excluding diaryl/α,β-unsaturated/α-hetero) is 1. The van der Waals surface area contributed by atoms with Gasteiger partial charge in [-0.15, -0.1) is 0 Å². The van der Waals surface area contributed by atoms with Gasteiger partial charge in [-0.25, -0.2) is 4.98 Å². The van der Waals surface area contributed by atoms with Crippen molar-refractivity contribution in [1.29, 1.82) is 0 Å². The first-order valence-electron chi connectivity index (χ1n) is 9.42. The van der Waals surface area contributed by atoms with E-state index in [0.29, 0.717) is 28.8 Å². The van der Waals surface area contributed by atoms with Gasteiger partial charge >= 0.3 is 0 Å². The summed E-state index contributed by atoms with van der Waals surface area (Å²) in [5.74, 6) is 1.71. The molecule has 0 unspecified atom stereocenters. The number of carbonyl (C=O) groups is 1. The minimum absolute atomic E-state index is 0.0568. The predicted octanol–water partition coefficient (Wildman–Crippen LogP) is 5.45. The number of nitrogens with one attached hydrogen (secondary N) is 2. The van der Waals surface area contributed by atoms with Crippen molar-refractivity contribution >= 4 is 40.5 Å². The van der Waals surface area contributed by atoms with Crippen molar-refractivity contribution in [2.45, 2.75) is 26.2 Å². The maximum atomic E-state index is 12.6. The van der Waals surface area contributed by atoms with Crippen LogP contribution in [0.4, 0.5) is 23.1 Å². The first-order chi connectivity index (χ1) is 14.0. The Morgan fingerprint density at radius 1 is 1.07 bits per heavy atom. The van der Waals surface area contributed by atoms with E-state index < -0.39 is 0 Å². The number of benzene rings is 2. The van der Waals surface area contributed by atoms with Crippen molar-refractivity contribution < 1.29 is 9.53 Å². The van der Waals surface area contributed by atoms with Gasteiger partial charge in [0, 0.05) is 28.9 Å². The van der Waals surface area contributed by atoms with E-state index in [1.165, 1.54) is 0 Å². The quantitative estimate of drug-likeness (QED) is 0.584. The summed E-state index contributed by atoms with van der Waals surface area (Å²) < 4.78 is 5.27. The van der Waals surface area contributed by atoms with Crippen LogP contribution in [0.1, 0.15) is 34.5 Å². The van der Waals surface area contributed by atoms with Gasteiger partial charge < -0.3 is 15.4 Å². The van der Waals surface area contributed by atoms with Crippen LogP contribution in [0.2, 0.25) is 5.02 Å². The molecule has 1 aromatic heterocycles. The molecule has 0 fully saturated rings. The number of hydrogen-bond donors (Lipinski definition) is 2. The summed E-state index contributed by atoms with van der Waals surface area (Å²) in [7, 11) is 1.62. The Bertz CT molecular complexity index is 1080. The number of methoxy groups -OCH3 is 1. The average molecular weight is 409 g/mol. The smallest absolute Gasteiger partial charge is 0.229 e. The fraction of sp³-hybridized carbons (Fsp3) is 0.227. The zero-order valence-corrected chi connectivity index (χ0v) is 17.0. The lowest BCUT2D eigenvalue weighted by Crippen LogP contribution is -2.18. The van der Waals surface area contributed by atoms with Gasteiger partial charge in [0.2, 0.25) is 5.95 Å². The summed E-state index contributed by atoms with van der Waals surface area (Å²) in [5.41, 5.74) is 3.82. The van der Waals surface area contributed by atoms with Crippen LogP contribution in [0.25, 0.3) is 0 Å². The molecule has 29 heavy (non-hydrogen) atoms. The molecular weight excluding hydrogens is 388 g/mol. The normalized spacial score (nSPS) is 13.0. The third-order valence-electron chi connectivity index (χ3n) is 4.93. The second-order valence-corrected chi connectivity index (χ2v) is 7.30. The van der Waals surface area contributed by atoms with E-state index in [2.05, 4.69) is 20.6 Å². The maximum absolute atomic E-state index is 12.6. The van der Waals surface area contributed by atoms with Gasteiger partial charge in [-0.2, -0.15) is 4.98 Å². The number of hydrogen-bond acceptors (Lipinski definition) is 6. The molecule has 2 aromatic carbocycles. The van der Waals surface area contributed by atoms with Gasteiger partial charge in [0.25, 0.3) is 0 Å². The Morgan fingerprint density at radius 3 is 2.72 bits per heavy atom. The number of anilines is 4.